The topological polar surface area (TPSA) is 83.7 Å². The van der Waals surface area contributed by atoms with Gasteiger partial charge in [-0.1, -0.05) is 6.07 Å². The molecule has 6 nitrogen and oxygen atoms in total. The molecule has 31 heavy (non-hydrogen) atoms. The van der Waals surface area contributed by atoms with Crippen molar-refractivity contribution in [2.75, 3.05) is 7.11 Å². The monoisotopic (exact) mass is 410 g/mol. The molecule has 0 aliphatic heterocycles. The minimum Gasteiger partial charge on any atom is -0.465 e. The van der Waals surface area contributed by atoms with Crippen LogP contribution < -0.4 is 0 Å². The number of ether oxygens (including phenoxy) is 1. The summed E-state index contributed by atoms with van der Waals surface area (Å²) in [5.41, 5.74) is 7.71. The number of imidazole rings is 1. The summed E-state index contributed by atoms with van der Waals surface area (Å²) in [7, 11) is 1.37. The van der Waals surface area contributed by atoms with E-state index in [1.54, 1.807) is 12.1 Å². The lowest BCUT2D eigenvalue weighted by atomic mass is 10.1. The third kappa shape index (κ3) is 3.74. The number of benzene rings is 2. The molecule has 0 aliphatic carbocycles. The number of rotatable bonds is 4. The number of aromatic nitrogens is 3. The minimum absolute atomic E-state index is 0.365. The highest BCUT2D eigenvalue weighted by Gasteiger charge is 2.14. The zero-order valence-electron chi connectivity index (χ0n) is 17.9. The molecule has 4 rings (SSSR count). The van der Waals surface area contributed by atoms with Gasteiger partial charge in [0.1, 0.15) is 11.9 Å². The molecule has 0 fully saturated rings. The lowest BCUT2D eigenvalue weighted by molar-refractivity contribution is 0.0600. The molecule has 0 radical (unpaired) electrons. The summed E-state index contributed by atoms with van der Waals surface area (Å²) >= 11 is 0. The number of hydrogen-bond donors (Lipinski definition) is 1. The Bertz CT molecular complexity index is 1370. The van der Waals surface area contributed by atoms with E-state index in [0.29, 0.717) is 17.0 Å². The van der Waals surface area contributed by atoms with Crippen LogP contribution in [-0.2, 0) is 4.74 Å². The van der Waals surface area contributed by atoms with Gasteiger partial charge in [-0.15, -0.1) is 0 Å². The molecule has 2 aromatic carbocycles. The normalized spacial score (nSPS) is 11.5. The molecule has 0 bridgehead atoms. The summed E-state index contributed by atoms with van der Waals surface area (Å²) in [6.07, 6.45) is 1.85. The van der Waals surface area contributed by atoms with E-state index in [1.807, 2.05) is 63.2 Å². The molecule has 0 saturated carbocycles. The number of allylic oxidation sites excluding steroid dienone is 1. The fourth-order valence-electron chi connectivity index (χ4n) is 3.76. The Morgan fingerprint density at radius 2 is 1.87 bits per heavy atom. The molecule has 0 atom stereocenters. The SMILES string of the molecule is COC(=O)c1ccc(-n2c(C)cc(/C=C(/C#N)c3nc4ccc(C)cc4[nH]3)c2C)cc1. The Hall–Kier alpha value is -4.11. The van der Waals surface area contributed by atoms with E-state index >= 15 is 0 Å². The van der Waals surface area contributed by atoms with E-state index in [0.717, 1.165) is 39.2 Å². The smallest absolute Gasteiger partial charge is 0.337 e. The van der Waals surface area contributed by atoms with Gasteiger partial charge in [-0.2, -0.15) is 5.26 Å². The Balaban J connectivity index is 1.73. The van der Waals surface area contributed by atoms with Crippen LogP contribution in [0.1, 0.15) is 38.7 Å². The van der Waals surface area contributed by atoms with Gasteiger partial charge in [0, 0.05) is 17.1 Å². The van der Waals surface area contributed by atoms with Crippen molar-refractivity contribution in [1.82, 2.24) is 14.5 Å². The highest BCUT2D eigenvalue weighted by Crippen LogP contribution is 2.26. The molecular weight excluding hydrogens is 388 g/mol. The molecule has 0 saturated heterocycles. The van der Waals surface area contributed by atoms with Gasteiger partial charge in [0.05, 0.1) is 29.3 Å². The van der Waals surface area contributed by atoms with Crippen molar-refractivity contribution < 1.29 is 9.53 Å². The largest absolute Gasteiger partial charge is 0.465 e. The Kier molecular flexibility index (Phi) is 5.18. The summed E-state index contributed by atoms with van der Waals surface area (Å²) in [6.45, 7) is 6.03. The summed E-state index contributed by atoms with van der Waals surface area (Å²) in [4.78, 5) is 19.5. The van der Waals surface area contributed by atoms with Crippen LogP contribution in [-0.4, -0.2) is 27.6 Å². The number of fused-ring (bicyclic) bond motifs is 1. The first kappa shape index (κ1) is 20.2. The van der Waals surface area contributed by atoms with E-state index < -0.39 is 0 Å². The standard InChI is InChI=1S/C25H22N4O2/c1-15-5-10-22-23(11-15)28-24(27-22)20(14-26)13-19-12-16(2)29(17(19)3)21-8-6-18(7-9-21)25(30)31-4/h5-13H,1-4H3,(H,27,28)/b20-13-. The number of carbonyl (C=O) groups excluding carboxylic acids is 1. The first-order valence-electron chi connectivity index (χ1n) is 9.87. The van der Waals surface area contributed by atoms with Gasteiger partial charge >= 0.3 is 5.97 Å². The molecule has 4 aromatic rings. The fraction of sp³-hybridized carbons (Fsp3) is 0.160. The number of carbonyl (C=O) groups is 1. The van der Waals surface area contributed by atoms with E-state index in [-0.39, 0.29) is 5.97 Å². The summed E-state index contributed by atoms with van der Waals surface area (Å²) in [6, 6.07) is 17.5. The Morgan fingerprint density at radius 3 is 2.55 bits per heavy atom. The molecule has 0 spiro atoms. The van der Waals surface area contributed by atoms with Crippen LogP contribution in [0.4, 0.5) is 0 Å². The predicted octanol–water partition coefficient (Wildman–Crippen LogP) is 5.13. The number of nitrogens with zero attached hydrogens (tertiary/aromatic N) is 3. The van der Waals surface area contributed by atoms with E-state index in [1.165, 1.54) is 7.11 Å². The molecule has 2 aromatic heterocycles. The predicted molar refractivity (Wildman–Crippen MR) is 121 cm³/mol. The van der Waals surface area contributed by atoms with Crippen LogP contribution in [0.15, 0.2) is 48.5 Å². The maximum atomic E-state index is 11.7. The quantitative estimate of drug-likeness (QED) is 0.373. The minimum atomic E-state index is -0.365. The van der Waals surface area contributed by atoms with Crippen molar-refractivity contribution >= 4 is 28.7 Å². The van der Waals surface area contributed by atoms with Crippen LogP contribution in [0.25, 0.3) is 28.4 Å². The summed E-state index contributed by atoms with van der Waals surface area (Å²) in [5.74, 6) is 0.186. The third-order valence-electron chi connectivity index (χ3n) is 5.33. The van der Waals surface area contributed by atoms with Gasteiger partial charge in [-0.3, -0.25) is 0 Å². The van der Waals surface area contributed by atoms with Gasteiger partial charge in [0.15, 0.2) is 0 Å². The van der Waals surface area contributed by atoms with Crippen molar-refractivity contribution in [3.8, 4) is 11.8 Å². The number of aromatic amines is 1. The van der Waals surface area contributed by atoms with E-state index in [2.05, 4.69) is 20.6 Å². The average Bonchev–Trinajstić information content (AvgIpc) is 3.31. The number of H-pyrrole nitrogens is 1. The van der Waals surface area contributed by atoms with Crippen molar-refractivity contribution in [1.29, 1.82) is 5.26 Å². The van der Waals surface area contributed by atoms with Crippen molar-refractivity contribution in [3.05, 3.63) is 82.4 Å². The van der Waals surface area contributed by atoms with Gasteiger partial charge < -0.3 is 14.3 Å². The lowest BCUT2D eigenvalue weighted by Crippen LogP contribution is -2.03. The maximum absolute atomic E-state index is 11.7. The molecule has 1 N–H and O–H groups in total. The Labute approximate surface area is 180 Å². The summed E-state index contributed by atoms with van der Waals surface area (Å²) in [5, 5.41) is 9.78. The lowest BCUT2D eigenvalue weighted by Gasteiger charge is -2.10. The summed E-state index contributed by atoms with van der Waals surface area (Å²) < 4.78 is 6.85. The second-order valence-corrected chi connectivity index (χ2v) is 7.48. The first-order valence-corrected chi connectivity index (χ1v) is 9.87. The molecule has 2 heterocycles. The highest BCUT2D eigenvalue weighted by molar-refractivity contribution is 5.91. The molecule has 0 amide bonds. The average molecular weight is 410 g/mol. The van der Waals surface area contributed by atoms with Crippen LogP contribution in [0, 0.1) is 32.1 Å². The van der Waals surface area contributed by atoms with Gasteiger partial charge in [0.25, 0.3) is 0 Å². The van der Waals surface area contributed by atoms with Crippen molar-refractivity contribution in [2.45, 2.75) is 20.8 Å². The second kappa shape index (κ2) is 7.96. The van der Waals surface area contributed by atoms with Crippen LogP contribution in [0.2, 0.25) is 0 Å². The third-order valence-corrected chi connectivity index (χ3v) is 5.33. The first-order chi connectivity index (χ1) is 14.9. The highest BCUT2D eigenvalue weighted by atomic mass is 16.5. The fourth-order valence-corrected chi connectivity index (χ4v) is 3.76. The van der Waals surface area contributed by atoms with Crippen LogP contribution >= 0.6 is 0 Å². The Morgan fingerprint density at radius 1 is 1.13 bits per heavy atom. The number of nitriles is 1. The number of hydrogen-bond acceptors (Lipinski definition) is 4. The van der Waals surface area contributed by atoms with E-state index in [9.17, 15) is 10.1 Å². The number of aryl methyl sites for hydroxylation is 2. The molecule has 0 aliphatic rings. The number of nitrogens with one attached hydrogen (secondary N) is 1. The number of esters is 1. The molecular formula is C25H22N4O2. The van der Waals surface area contributed by atoms with Crippen LogP contribution in [0.3, 0.4) is 0 Å². The van der Waals surface area contributed by atoms with Crippen molar-refractivity contribution in [2.24, 2.45) is 0 Å². The van der Waals surface area contributed by atoms with Gasteiger partial charge in [-0.05, 0) is 80.4 Å². The van der Waals surface area contributed by atoms with E-state index in [4.69, 9.17) is 4.74 Å². The molecule has 0 unspecified atom stereocenters. The maximum Gasteiger partial charge on any atom is 0.337 e. The second-order valence-electron chi connectivity index (χ2n) is 7.48. The molecule has 6 heteroatoms. The van der Waals surface area contributed by atoms with Gasteiger partial charge in [-0.25, -0.2) is 9.78 Å². The zero-order chi connectivity index (χ0) is 22.1. The van der Waals surface area contributed by atoms with Crippen molar-refractivity contribution in [3.63, 3.8) is 0 Å². The van der Waals surface area contributed by atoms with Crippen LogP contribution in [0.5, 0.6) is 0 Å². The van der Waals surface area contributed by atoms with Gasteiger partial charge in [0.2, 0.25) is 0 Å². The number of methoxy groups -OCH3 is 1. The zero-order valence-corrected chi connectivity index (χ0v) is 17.9. The molecule has 154 valence electrons.